The van der Waals surface area contributed by atoms with Gasteiger partial charge in [-0.2, -0.15) is 13.2 Å². The molecule has 0 radical (unpaired) electrons. The minimum atomic E-state index is -4.41. The second-order valence-corrected chi connectivity index (χ2v) is 9.86. The fourth-order valence-electron chi connectivity index (χ4n) is 4.74. The Hall–Kier alpha value is -4.18. The molecule has 0 unspecified atom stereocenters. The van der Waals surface area contributed by atoms with Gasteiger partial charge in [-0.1, -0.05) is 24.3 Å². The summed E-state index contributed by atoms with van der Waals surface area (Å²) in [7, 11) is 3.71. The molecule has 0 aliphatic carbocycles. The smallest absolute Gasteiger partial charge is 0.416 e. The van der Waals surface area contributed by atoms with Crippen LogP contribution in [-0.4, -0.2) is 54.1 Å². The zero-order valence-corrected chi connectivity index (χ0v) is 22.2. The number of carbonyl (C=O) groups excluding carboxylic acids is 1. The third-order valence-corrected chi connectivity index (χ3v) is 6.97. The van der Waals surface area contributed by atoms with E-state index >= 15 is 0 Å². The molecule has 0 bridgehead atoms. The van der Waals surface area contributed by atoms with Gasteiger partial charge in [0.15, 0.2) is 11.5 Å². The van der Waals surface area contributed by atoms with Crippen LogP contribution in [0, 0.1) is 0 Å². The fourth-order valence-corrected chi connectivity index (χ4v) is 4.74. The van der Waals surface area contributed by atoms with Crippen LogP contribution in [-0.2, 0) is 17.4 Å². The number of aromatic nitrogens is 2. The van der Waals surface area contributed by atoms with Crippen molar-refractivity contribution in [2.24, 2.45) is 0 Å². The first-order chi connectivity index (χ1) is 19.2. The molecule has 1 aromatic heterocycles. The lowest BCUT2D eigenvalue weighted by atomic mass is 10.0. The summed E-state index contributed by atoms with van der Waals surface area (Å²) < 4.78 is 50.2. The Labute approximate surface area is 230 Å². The molecule has 3 aromatic carbocycles. The second-order valence-electron chi connectivity index (χ2n) is 9.86. The molecule has 0 spiro atoms. The second kappa shape index (κ2) is 11.5. The third kappa shape index (κ3) is 6.34. The number of halogens is 3. The van der Waals surface area contributed by atoms with Crippen molar-refractivity contribution in [3.63, 3.8) is 0 Å². The molecule has 1 amide bonds. The van der Waals surface area contributed by atoms with E-state index in [1.165, 1.54) is 18.5 Å². The van der Waals surface area contributed by atoms with E-state index in [1.807, 2.05) is 24.3 Å². The lowest BCUT2D eigenvalue weighted by Crippen LogP contribution is -2.35. The average molecular weight is 551 g/mol. The van der Waals surface area contributed by atoms with Crippen molar-refractivity contribution in [3.8, 4) is 22.8 Å². The standard InChI is InChI=1S/C30H29F3N4O3/c1-37-13-11-23(12-14-37)40-27-17-25-24(16-26(27)39-2)29(35-18-34-25)20-5-9-22(10-6-20)36-28(38)15-19-3-7-21(8-4-19)30(31,32)33/h3-10,16-18,23H,11-15H2,1-2H3,(H,36,38). The summed E-state index contributed by atoms with van der Waals surface area (Å²) in [5.74, 6) is 0.928. The van der Waals surface area contributed by atoms with Crippen LogP contribution in [0.15, 0.2) is 67.0 Å². The van der Waals surface area contributed by atoms with E-state index < -0.39 is 11.7 Å². The van der Waals surface area contributed by atoms with E-state index in [-0.39, 0.29) is 18.4 Å². The van der Waals surface area contributed by atoms with E-state index in [1.54, 1.807) is 19.2 Å². The summed E-state index contributed by atoms with van der Waals surface area (Å²) in [6.45, 7) is 1.97. The molecule has 10 heteroatoms. The number of piperidine rings is 1. The van der Waals surface area contributed by atoms with Gasteiger partial charge in [-0.05, 0) is 55.8 Å². The number of methoxy groups -OCH3 is 1. The van der Waals surface area contributed by atoms with E-state index in [0.717, 1.165) is 54.5 Å². The van der Waals surface area contributed by atoms with Crippen LogP contribution in [0.2, 0.25) is 0 Å². The molecule has 40 heavy (non-hydrogen) atoms. The summed E-state index contributed by atoms with van der Waals surface area (Å²) >= 11 is 0. The van der Waals surface area contributed by atoms with Crippen molar-refractivity contribution >= 4 is 22.5 Å². The average Bonchev–Trinajstić information content (AvgIpc) is 2.94. The Morgan fingerprint density at radius 2 is 1.70 bits per heavy atom. The Morgan fingerprint density at radius 1 is 1.00 bits per heavy atom. The minimum absolute atomic E-state index is 0.0435. The van der Waals surface area contributed by atoms with Crippen molar-refractivity contribution < 1.29 is 27.4 Å². The quantitative estimate of drug-likeness (QED) is 0.305. The molecule has 1 aliphatic rings. The highest BCUT2D eigenvalue weighted by Crippen LogP contribution is 2.37. The number of benzene rings is 3. The topological polar surface area (TPSA) is 76.6 Å². The Balaban J connectivity index is 1.30. The van der Waals surface area contributed by atoms with E-state index in [9.17, 15) is 18.0 Å². The van der Waals surface area contributed by atoms with Crippen LogP contribution >= 0.6 is 0 Å². The number of amides is 1. The maximum absolute atomic E-state index is 12.8. The number of nitrogens with one attached hydrogen (secondary N) is 1. The molecular weight excluding hydrogens is 521 g/mol. The molecule has 5 rings (SSSR count). The van der Waals surface area contributed by atoms with Crippen molar-refractivity contribution in [3.05, 3.63) is 78.1 Å². The van der Waals surface area contributed by atoms with Crippen LogP contribution in [0.4, 0.5) is 18.9 Å². The molecule has 2 heterocycles. The highest BCUT2D eigenvalue weighted by Gasteiger charge is 2.30. The number of hydrogen-bond acceptors (Lipinski definition) is 6. The van der Waals surface area contributed by atoms with E-state index in [0.29, 0.717) is 28.4 Å². The molecule has 4 aromatic rings. The maximum Gasteiger partial charge on any atom is 0.416 e. The largest absolute Gasteiger partial charge is 0.493 e. The van der Waals surface area contributed by atoms with Crippen LogP contribution < -0.4 is 14.8 Å². The molecule has 1 fully saturated rings. The number of carbonyl (C=O) groups is 1. The van der Waals surface area contributed by atoms with Gasteiger partial charge in [0.25, 0.3) is 0 Å². The predicted octanol–water partition coefficient (Wildman–Crippen LogP) is 5.98. The zero-order chi connectivity index (χ0) is 28.3. The molecular formula is C30H29F3N4O3. The fraction of sp³-hybridized carbons (Fsp3) is 0.300. The van der Waals surface area contributed by atoms with Gasteiger partial charge in [0.1, 0.15) is 12.4 Å². The lowest BCUT2D eigenvalue weighted by Gasteiger charge is -2.29. The Morgan fingerprint density at radius 3 is 2.35 bits per heavy atom. The summed E-state index contributed by atoms with van der Waals surface area (Å²) in [5, 5.41) is 3.58. The molecule has 0 saturated carbocycles. The number of rotatable bonds is 7. The summed E-state index contributed by atoms with van der Waals surface area (Å²) in [6.07, 6.45) is -0.946. The normalized spacial score (nSPS) is 14.7. The third-order valence-electron chi connectivity index (χ3n) is 6.97. The van der Waals surface area contributed by atoms with E-state index in [4.69, 9.17) is 9.47 Å². The van der Waals surface area contributed by atoms with Crippen LogP contribution in [0.25, 0.3) is 22.2 Å². The minimum Gasteiger partial charge on any atom is -0.493 e. The number of alkyl halides is 3. The number of nitrogens with zero attached hydrogens (tertiary/aromatic N) is 3. The highest BCUT2D eigenvalue weighted by atomic mass is 19.4. The van der Waals surface area contributed by atoms with E-state index in [2.05, 4.69) is 27.2 Å². The van der Waals surface area contributed by atoms with Gasteiger partial charge in [-0.25, -0.2) is 9.97 Å². The summed E-state index contributed by atoms with van der Waals surface area (Å²) in [5.41, 5.74) is 2.55. The molecule has 7 nitrogen and oxygen atoms in total. The summed E-state index contributed by atoms with van der Waals surface area (Å²) in [4.78, 5) is 23.7. The van der Waals surface area contributed by atoms with Crippen LogP contribution in [0.5, 0.6) is 11.5 Å². The number of fused-ring (bicyclic) bond motifs is 1. The van der Waals surface area contributed by atoms with Crippen molar-refractivity contribution in [1.82, 2.24) is 14.9 Å². The number of likely N-dealkylation sites (tertiary alicyclic amines) is 1. The SMILES string of the molecule is COc1cc2c(-c3ccc(NC(=O)Cc4ccc(C(F)(F)F)cc4)cc3)ncnc2cc1OC1CCN(C)CC1. The van der Waals surface area contributed by atoms with Crippen LogP contribution in [0.3, 0.4) is 0 Å². The van der Waals surface area contributed by atoms with Gasteiger partial charge in [0.2, 0.25) is 5.91 Å². The van der Waals surface area contributed by atoms with Crippen molar-refractivity contribution in [2.75, 3.05) is 32.6 Å². The van der Waals surface area contributed by atoms with Gasteiger partial charge < -0.3 is 19.7 Å². The zero-order valence-electron chi connectivity index (χ0n) is 22.2. The first kappa shape index (κ1) is 27.4. The lowest BCUT2D eigenvalue weighted by molar-refractivity contribution is -0.137. The Bertz CT molecular complexity index is 1480. The van der Waals surface area contributed by atoms with Crippen molar-refractivity contribution in [2.45, 2.75) is 31.5 Å². The number of anilines is 1. The predicted molar refractivity (Wildman–Crippen MR) is 146 cm³/mol. The maximum atomic E-state index is 12.8. The first-order valence-electron chi connectivity index (χ1n) is 12.9. The van der Waals surface area contributed by atoms with Gasteiger partial charge in [-0.15, -0.1) is 0 Å². The van der Waals surface area contributed by atoms with Gasteiger partial charge in [0.05, 0.1) is 30.3 Å². The molecule has 208 valence electrons. The molecule has 1 saturated heterocycles. The van der Waals surface area contributed by atoms with Gasteiger partial charge in [-0.3, -0.25) is 4.79 Å². The first-order valence-corrected chi connectivity index (χ1v) is 12.9. The highest BCUT2D eigenvalue weighted by molar-refractivity contribution is 5.95. The van der Waals surface area contributed by atoms with Crippen LogP contribution in [0.1, 0.15) is 24.0 Å². The monoisotopic (exact) mass is 550 g/mol. The number of ether oxygens (including phenoxy) is 2. The Kier molecular flexibility index (Phi) is 7.88. The van der Waals surface area contributed by atoms with Gasteiger partial charge in [0, 0.05) is 35.8 Å². The van der Waals surface area contributed by atoms with Crippen molar-refractivity contribution in [1.29, 1.82) is 0 Å². The molecule has 0 atom stereocenters. The number of hydrogen-bond donors (Lipinski definition) is 1. The van der Waals surface area contributed by atoms with Gasteiger partial charge >= 0.3 is 6.18 Å². The molecule has 1 N–H and O–H groups in total. The summed E-state index contributed by atoms with van der Waals surface area (Å²) in [6, 6.07) is 15.5. The molecule has 1 aliphatic heterocycles.